The fraction of sp³-hybridized carbons (Fsp3) is 0.368. The number of fused-ring (bicyclic) bond motifs is 1. The molecule has 1 heterocycles. The molecule has 0 saturated heterocycles. The van der Waals surface area contributed by atoms with E-state index in [-0.39, 0.29) is 0 Å². The van der Waals surface area contributed by atoms with Gasteiger partial charge in [-0.15, -0.1) is 0 Å². The molecule has 1 aliphatic rings. The number of allylic oxidation sites excluding steroid dienone is 4. The van der Waals surface area contributed by atoms with Crippen LogP contribution in [0.5, 0.6) is 5.75 Å². The first-order valence-corrected chi connectivity index (χ1v) is 7.35. The lowest BCUT2D eigenvalue weighted by atomic mass is 9.89. The Labute approximate surface area is 123 Å². The second kappa shape index (κ2) is 7.74. The van der Waals surface area contributed by atoms with E-state index >= 15 is 0 Å². The van der Waals surface area contributed by atoms with Gasteiger partial charge in [0.15, 0.2) is 0 Å². The van der Waals surface area contributed by atoms with Crippen LogP contribution >= 0.6 is 0 Å². The average molecular weight is 270 g/mol. The minimum Gasteiger partial charge on any atom is -0.489 e. The number of hydrogen-bond acceptors (Lipinski definition) is 1. The van der Waals surface area contributed by atoms with Gasteiger partial charge in [0.05, 0.1) is 0 Å². The summed E-state index contributed by atoms with van der Waals surface area (Å²) >= 11 is 0. The van der Waals surface area contributed by atoms with E-state index in [1.165, 1.54) is 22.3 Å². The van der Waals surface area contributed by atoms with E-state index < -0.39 is 0 Å². The van der Waals surface area contributed by atoms with Crippen molar-refractivity contribution >= 4 is 0 Å². The van der Waals surface area contributed by atoms with Crippen LogP contribution in [0.1, 0.15) is 44.7 Å². The summed E-state index contributed by atoms with van der Waals surface area (Å²) in [6.07, 6.45) is 5.96. The zero-order valence-electron chi connectivity index (χ0n) is 13.4. The summed E-state index contributed by atoms with van der Waals surface area (Å²) in [4.78, 5) is 0. The van der Waals surface area contributed by atoms with Crippen molar-refractivity contribution in [3.8, 4) is 5.75 Å². The molecule has 0 aliphatic carbocycles. The van der Waals surface area contributed by atoms with Crippen molar-refractivity contribution in [3.05, 3.63) is 65.3 Å². The Bertz CT molecular complexity index is 521. The van der Waals surface area contributed by atoms with Gasteiger partial charge in [-0.2, -0.15) is 0 Å². The number of rotatable bonds is 2. The van der Waals surface area contributed by atoms with Gasteiger partial charge in [0.2, 0.25) is 0 Å². The number of hydrogen-bond donors (Lipinski definition) is 0. The van der Waals surface area contributed by atoms with E-state index in [9.17, 15) is 0 Å². The first-order valence-electron chi connectivity index (χ1n) is 7.35. The van der Waals surface area contributed by atoms with Gasteiger partial charge in [-0.25, -0.2) is 0 Å². The highest BCUT2D eigenvalue weighted by Gasteiger charge is 2.20. The molecule has 1 atom stereocenters. The molecular formula is C19H26O. The summed E-state index contributed by atoms with van der Waals surface area (Å²) in [7, 11) is 0. The number of aryl methyl sites for hydroxylation is 1. The summed E-state index contributed by atoms with van der Waals surface area (Å²) in [5, 5.41) is 0. The maximum absolute atomic E-state index is 5.88. The van der Waals surface area contributed by atoms with Crippen molar-refractivity contribution in [2.24, 2.45) is 0 Å². The van der Waals surface area contributed by atoms with Crippen LogP contribution in [0.15, 0.2) is 54.2 Å². The predicted molar refractivity (Wildman–Crippen MR) is 88.5 cm³/mol. The molecule has 1 aromatic rings. The molecule has 0 N–H and O–H groups in total. The number of ether oxygens (including phenoxy) is 1. The van der Waals surface area contributed by atoms with E-state index in [2.05, 4.69) is 51.6 Å². The van der Waals surface area contributed by atoms with Crippen molar-refractivity contribution in [3.63, 3.8) is 0 Å². The Balaban J connectivity index is 0.000000956. The molecule has 1 heteroatoms. The lowest BCUT2D eigenvalue weighted by molar-refractivity contribution is 0.352. The van der Waals surface area contributed by atoms with E-state index in [0.29, 0.717) is 12.5 Å². The Morgan fingerprint density at radius 3 is 2.60 bits per heavy atom. The van der Waals surface area contributed by atoms with Gasteiger partial charge < -0.3 is 4.74 Å². The van der Waals surface area contributed by atoms with Crippen LogP contribution < -0.4 is 4.74 Å². The van der Waals surface area contributed by atoms with Crippen LogP contribution in [-0.4, -0.2) is 6.61 Å². The molecule has 0 fully saturated rings. The maximum atomic E-state index is 5.88. The van der Waals surface area contributed by atoms with Crippen LogP contribution in [0.2, 0.25) is 0 Å². The van der Waals surface area contributed by atoms with E-state index in [1.54, 1.807) is 0 Å². The SMILES string of the molecule is C=C/C=C\C1=C(C)COc2ccc(C)cc2C1C.CC. The quantitative estimate of drug-likeness (QED) is 0.638. The van der Waals surface area contributed by atoms with E-state index in [0.717, 1.165) is 5.75 Å². The molecule has 108 valence electrons. The average Bonchev–Trinajstić information content (AvgIpc) is 2.58. The van der Waals surface area contributed by atoms with E-state index in [4.69, 9.17) is 4.74 Å². The Hall–Kier alpha value is -1.76. The van der Waals surface area contributed by atoms with Gasteiger partial charge in [0.1, 0.15) is 12.4 Å². The fourth-order valence-electron chi connectivity index (χ4n) is 2.40. The topological polar surface area (TPSA) is 9.23 Å². The Morgan fingerprint density at radius 2 is 1.95 bits per heavy atom. The zero-order chi connectivity index (χ0) is 15.1. The first kappa shape index (κ1) is 16.3. The van der Waals surface area contributed by atoms with Gasteiger partial charge in [0.25, 0.3) is 0 Å². The second-order valence-electron chi connectivity index (χ2n) is 4.88. The van der Waals surface area contributed by atoms with Crippen molar-refractivity contribution < 1.29 is 4.74 Å². The van der Waals surface area contributed by atoms with E-state index in [1.807, 2.05) is 26.0 Å². The lowest BCUT2D eigenvalue weighted by Crippen LogP contribution is -1.98. The molecular weight excluding hydrogens is 244 g/mol. The third kappa shape index (κ3) is 3.63. The largest absolute Gasteiger partial charge is 0.489 e. The minimum absolute atomic E-state index is 0.360. The van der Waals surface area contributed by atoms with Crippen LogP contribution in [0, 0.1) is 6.92 Å². The van der Waals surface area contributed by atoms with Gasteiger partial charge in [-0.3, -0.25) is 0 Å². The van der Waals surface area contributed by atoms with Crippen molar-refractivity contribution in [1.82, 2.24) is 0 Å². The lowest BCUT2D eigenvalue weighted by Gasteiger charge is -2.15. The second-order valence-corrected chi connectivity index (χ2v) is 4.88. The standard InChI is InChI=1S/C17H20O.C2H6/c1-5-6-7-15-13(3)11-18-17-9-8-12(2)10-16(17)14(15)4;1-2/h5-10,14H,1,11H2,2-4H3;1-2H3/b7-6-;. The summed E-state index contributed by atoms with van der Waals surface area (Å²) < 4.78 is 5.88. The molecule has 0 bridgehead atoms. The summed E-state index contributed by atoms with van der Waals surface area (Å²) in [5.74, 6) is 1.37. The van der Waals surface area contributed by atoms with Crippen molar-refractivity contribution in [2.75, 3.05) is 6.61 Å². The predicted octanol–water partition coefficient (Wildman–Crippen LogP) is 5.58. The minimum atomic E-state index is 0.360. The van der Waals surface area contributed by atoms with Crippen LogP contribution in [0.4, 0.5) is 0 Å². The highest BCUT2D eigenvalue weighted by molar-refractivity contribution is 5.48. The zero-order valence-corrected chi connectivity index (χ0v) is 13.4. The third-order valence-electron chi connectivity index (χ3n) is 3.45. The van der Waals surface area contributed by atoms with Crippen LogP contribution in [0.25, 0.3) is 0 Å². The molecule has 1 unspecified atom stereocenters. The van der Waals surface area contributed by atoms with Gasteiger partial charge in [-0.05, 0) is 31.1 Å². The monoisotopic (exact) mass is 270 g/mol. The van der Waals surface area contributed by atoms with Crippen molar-refractivity contribution in [2.45, 2.75) is 40.5 Å². The Kier molecular flexibility index (Phi) is 6.30. The fourth-order valence-corrected chi connectivity index (χ4v) is 2.40. The smallest absolute Gasteiger partial charge is 0.123 e. The van der Waals surface area contributed by atoms with Gasteiger partial charge in [-0.1, -0.05) is 63.3 Å². The molecule has 1 nitrogen and oxygen atoms in total. The molecule has 0 spiro atoms. The molecule has 1 aromatic carbocycles. The molecule has 0 amide bonds. The highest BCUT2D eigenvalue weighted by atomic mass is 16.5. The molecule has 1 aliphatic heterocycles. The van der Waals surface area contributed by atoms with Gasteiger partial charge in [0, 0.05) is 11.5 Å². The Morgan fingerprint density at radius 1 is 1.25 bits per heavy atom. The molecule has 0 aromatic heterocycles. The molecule has 2 rings (SSSR count). The summed E-state index contributed by atoms with van der Waals surface area (Å²) in [6, 6.07) is 6.40. The summed E-state index contributed by atoms with van der Waals surface area (Å²) in [6.45, 7) is 14.9. The maximum Gasteiger partial charge on any atom is 0.123 e. The summed E-state index contributed by atoms with van der Waals surface area (Å²) in [5.41, 5.74) is 5.17. The molecule has 20 heavy (non-hydrogen) atoms. The van der Waals surface area contributed by atoms with Crippen molar-refractivity contribution in [1.29, 1.82) is 0 Å². The molecule has 0 radical (unpaired) electrons. The third-order valence-corrected chi connectivity index (χ3v) is 3.45. The highest BCUT2D eigenvalue weighted by Crippen LogP contribution is 2.37. The van der Waals surface area contributed by atoms with Crippen LogP contribution in [-0.2, 0) is 0 Å². The number of benzene rings is 1. The van der Waals surface area contributed by atoms with Gasteiger partial charge >= 0.3 is 0 Å². The normalized spacial score (nSPS) is 17.8. The molecule has 0 saturated carbocycles. The van der Waals surface area contributed by atoms with Crippen LogP contribution in [0.3, 0.4) is 0 Å². The first-order chi connectivity index (χ1) is 9.63.